The van der Waals surface area contributed by atoms with E-state index in [1.807, 2.05) is 6.92 Å². The standard InChI is InChI=1S/C15H23BrN4O3S/c1-8(2)13-12(16)14(20-19-13)15(21)18-9(3)10-4-6-11(7-5-10)24(17,22)23/h4-9,12-14,19-20H,1-3H3,(H,18,21)(H2,17,22,23). The molecular weight excluding hydrogens is 396 g/mol. The molecule has 4 atom stereocenters. The summed E-state index contributed by atoms with van der Waals surface area (Å²) in [4.78, 5) is 12.5. The van der Waals surface area contributed by atoms with Crippen molar-refractivity contribution in [1.82, 2.24) is 16.2 Å². The Kier molecular flexibility index (Phi) is 6.03. The van der Waals surface area contributed by atoms with E-state index in [1.165, 1.54) is 12.1 Å². The average molecular weight is 419 g/mol. The van der Waals surface area contributed by atoms with Crippen LogP contribution >= 0.6 is 15.9 Å². The number of amides is 1. The second kappa shape index (κ2) is 7.49. The summed E-state index contributed by atoms with van der Waals surface area (Å²) in [5, 5.41) is 8.02. The zero-order valence-electron chi connectivity index (χ0n) is 13.8. The Morgan fingerprint density at radius 2 is 1.79 bits per heavy atom. The summed E-state index contributed by atoms with van der Waals surface area (Å²) < 4.78 is 22.6. The van der Waals surface area contributed by atoms with Crippen LogP contribution in [0.25, 0.3) is 0 Å². The Labute approximate surface area is 150 Å². The normalized spacial score (nSPS) is 25.7. The fourth-order valence-corrected chi connectivity index (χ4v) is 4.26. The maximum Gasteiger partial charge on any atom is 0.240 e. The maximum atomic E-state index is 12.5. The number of hydrazine groups is 1. The molecule has 9 heteroatoms. The van der Waals surface area contributed by atoms with Gasteiger partial charge in [-0.1, -0.05) is 41.9 Å². The molecule has 0 saturated carbocycles. The minimum atomic E-state index is -3.71. The van der Waals surface area contributed by atoms with Crippen LogP contribution in [-0.2, 0) is 14.8 Å². The van der Waals surface area contributed by atoms with Crippen molar-refractivity contribution in [2.24, 2.45) is 11.1 Å². The molecule has 1 amide bonds. The first-order chi connectivity index (χ1) is 11.1. The largest absolute Gasteiger partial charge is 0.348 e. The summed E-state index contributed by atoms with van der Waals surface area (Å²) in [6.45, 7) is 6.02. The SMILES string of the molecule is CC(NC(=O)C1NNC(C(C)C)C1Br)c1ccc(S(N)(=O)=O)cc1. The zero-order chi connectivity index (χ0) is 18.1. The van der Waals surface area contributed by atoms with E-state index >= 15 is 0 Å². The van der Waals surface area contributed by atoms with Gasteiger partial charge in [0.15, 0.2) is 0 Å². The highest BCUT2D eigenvalue weighted by atomic mass is 79.9. The zero-order valence-corrected chi connectivity index (χ0v) is 16.2. The molecule has 24 heavy (non-hydrogen) atoms. The van der Waals surface area contributed by atoms with E-state index in [-0.39, 0.29) is 33.8 Å². The summed E-state index contributed by atoms with van der Waals surface area (Å²) in [5.41, 5.74) is 6.95. The fourth-order valence-electron chi connectivity index (χ4n) is 2.63. The molecule has 1 fully saturated rings. The molecular formula is C15H23BrN4O3S. The minimum absolute atomic E-state index is 0.0190. The lowest BCUT2D eigenvalue weighted by Crippen LogP contribution is -2.46. The molecule has 0 aliphatic carbocycles. The molecule has 1 heterocycles. The smallest absolute Gasteiger partial charge is 0.240 e. The lowest BCUT2D eigenvalue weighted by Gasteiger charge is -2.21. The Hall–Kier alpha value is -1.00. The lowest BCUT2D eigenvalue weighted by atomic mass is 9.99. The molecule has 0 bridgehead atoms. The number of halogens is 1. The van der Waals surface area contributed by atoms with Crippen LogP contribution in [0.4, 0.5) is 0 Å². The first kappa shape index (κ1) is 19.3. The topological polar surface area (TPSA) is 113 Å². The van der Waals surface area contributed by atoms with Crippen molar-refractivity contribution in [3.05, 3.63) is 29.8 Å². The molecule has 1 aliphatic rings. The van der Waals surface area contributed by atoms with Crippen molar-refractivity contribution in [3.63, 3.8) is 0 Å². The van der Waals surface area contributed by atoms with Crippen molar-refractivity contribution >= 4 is 31.9 Å². The number of rotatable bonds is 5. The third kappa shape index (κ3) is 4.34. The predicted octanol–water partition coefficient (Wildman–Crippen LogP) is 0.776. The summed E-state index contributed by atoms with van der Waals surface area (Å²) in [5.74, 6) is 0.249. The van der Waals surface area contributed by atoms with Crippen LogP contribution in [0, 0.1) is 5.92 Å². The number of hydrogen-bond donors (Lipinski definition) is 4. The molecule has 1 aliphatic heterocycles. The molecule has 4 unspecified atom stereocenters. The van der Waals surface area contributed by atoms with Gasteiger partial charge < -0.3 is 5.32 Å². The fraction of sp³-hybridized carbons (Fsp3) is 0.533. The quantitative estimate of drug-likeness (QED) is 0.527. The Morgan fingerprint density at radius 3 is 2.25 bits per heavy atom. The van der Waals surface area contributed by atoms with Crippen LogP contribution < -0.4 is 21.3 Å². The third-order valence-electron chi connectivity index (χ3n) is 4.14. The predicted molar refractivity (Wildman–Crippen MR) is 95.8 cm³/mol. The number of sulfonamides is 1. The number of nitrogens with one attached hydrogen (secondary N) is 3. The van der Waals surface area contributed by atoms with Crippen LogP contribution in [0.3, 0.4) is 0 Å². The van der Waals surface area contributed by atoms with Crippen LogP contribution in [0.2, 0.25) is 0 Å². The van der Waals surface area contributed by atoms with Crippen molar-refractivity contribution < 1.29 is 13.2 Å². The van der Waals surface area contributed by atoms with Gasteiger partial charge in [0.25, 0.3) is 0 Å². The van der Waals surface area contributed by atoms with E-state index < -0.39 is 10.0 Å². The second-order valence-corrected chi connectivity index (χ2v) is 8.94. The van der Waals surface area contributed by atoms with E-state index in [2.05, 4.69) is 45.9 Å². The summed E-state index contributed by atoms with van der Waals surface area (Å²) >= 11 is 3.58. The number of primary sulfonamides is 1. The molecule has 1 saturated heterocycles. The van der Waals surface area contributed by atoms with Gasteiger partial charge in [-0.05, 0) is 30.5 Å². The van der Waals surface area contributed by atoms with Gasteiger partial charge in [-0.15, -0.1) is 0 Å². The number of alkyl halides is 1. The van der Waals surface area contributed by atoms with Crippen LogP contribution in [-0.4, -0.2) is 31.2 Å². The molecule has 134 valence electrons. The molecule has 1 aromatic rings. The molecule has 7 nitrogen and oxygen atoms in total. The molecule has 0 aromatic heterocycles. The third-order valence-corrected chi connectivity index (χ3v) is 6.16. The van der Waals surface area contributed by atoms with Gasteiger partial charge in [-0.2, -0.15) is 0 Å². The summed E-state index contributed by atoms with van der Waals surface area (Å²) in [7, 11) is -3.71. The molecule has 0 radical (unpaired) electrons. The van der Waals surface area contributed by atoms with Gasteiger partial charge in [0.05, 0.1) is 15.8 Å². The van der Waals surface area contributed by atoms with Crippen LogP contribution in [0.1, 0.15) is 32.4 Å². The molecule has 5 N–H and O–H groups in total. The monoisotopic (exact) mass is 418 g/mol. The molecule has 1 aromatic carbocycles. The summed E-state index contributed by atoms with van der Waals surface area (Å²) in [6.07, 6.45) is 0. The van der Waals surface area contributed by atoms with E-state index in [0.717, 1.165) is 5.56 Å². The number of carbonyl (C=O) groups is 1. The van der Waals surface area contributed by atoms with Crippen molar-refractivity contribution in [2.45, 2.75) is 48.6 Å². The average Bonchev–Trinajstić information content (AvgIpc) is 2.88. The highest BCUT2D eigenvalue weighted by Gasteiger charge is 2.39. The summed E-state index contributed by atoms with van der Waals surface area (Å²) in [6, 6.07) is 5.68. The lowest BCUT2D eigenvalue weighted by molar-refractivity contribution is -0.123. The first-order valence-corrected chi connectivity index (χ1v) is 10.2. The van der Waals surface area contributed by atoms with Crippen LogP contribution in [0.15, 0.2) is 29.2 Å². The van der Waals surface area contributed by atoms with Gasteiger partial charge in [0.1, 0.15) is 6.04 Å². The van der Waals surface area contributed by atoms with Crippen LogP contribution in [0.5, 0.6) is 0 Å². The second-order valence-electron chi connectivity index (χ2n) is 6.32. The number of nitrogens with two attached hydrogens (primary N) is 1. The minimum Gasteiger partial charge on any atom is -0.348 e. The first-order valence-electron chi connectivity index (χ1n) is 7.69. The van der Waals surface area contributed by atoms with E-state index in [0.29, 0.717) is 5.92 Å². The van der Waals surface area contributed by atoms with Gasteiger partial charge in [0.2, 0.25) is 15.9 Å². The van der Waals surface area contributed by atoms with Crippen molar-refractivity contribution in [3.8, 4) is 0 Å². The van der Waals surface area contributed by atoms with E-state index in [4.69, 9.17) is 5.14 Å². The van der Waals surface area contributed by atoms with Gasteiger partial charge >= 0.3 is 0 Å². The Balaban J connectivity index is 2.02. The Morgan fingerprint density at radius 1 is 1.21 bits per heavy atom. The van der Waals surface area contributed by atoms with Gasteiger partial charge in [0, 0.05) is 6.04 Å². The highest BCUT2D eigenvalue weighted by Crippen LogP contribution is 2.23. The number of benzene rings is 1. The van der Waals surface area contributed by atoms with E-state index in [9.17, 15) is 13.2 Å². The van der Waals surface area contributed by atoms with Gasteiger partial charge in [-0.25, -0.2) is 19.0 Å². The highest BCUT2D eigenvalue weighted by molar-refractivity contribution is 9.09. The maximum absolute atomic E-state index is 12.5. The van der Waals surface area contributed by atoms with E-state index in [1.54, 1.807) is 12.1 Å². The Bertz CT molecular complexity index is 693. The van der Waals surface area contributed by atoms with Crippen molar-refractivity contribution in [2.75, 3.05) is 0 Å². The number of carbonyl (C=O) groups excluding carboxylic acids is 1. The number of hydrogen-bond acceptors (Lipinski definition) is 5. The van der Waals surface area contributed by atoms with Gasteiger partial charge in [-0.3, -0.25) is 10.2 Å². The van der Waals surface area contributed by atoms with Crippen molar-refractivity contribution in [1.29, 1.82) is 0 Å². The molecule has 0 spiro atoms. The molecule has 2 rings (SSSR count).